The standard InChI is InChI=1S/C14H29N3/c1-3-6-13-11-17(10-8-15-13)14-7-5-9-16(4-2)12-14/h13-15H,3-12H2,1-2H3. The number of nitrogens with zero attached hydrogens (tertiary/aromatic N) is 2. The Morgan fingerprint density at radius 3 is 2.82 bits per heavy atom. The molecule has 2 aliphatic heterocycles. The highest BCUT2D eigenvalue weighted by atomic mass is 15.3. The van der Waals surface area contributed by atoms with Crippen molar-refractivity contribution in [2.45, 2.75) is 51.6 Å². The highest BCUT2D eigenvalue weighted by Gasteiger charge is 2.28. The van der Waals surface area contributed by atoms with Crippen molar-refractivity contribution in [3.8, 4) is 0 Å². The molecule has 1 N–H and O–H groups in total. The van der Waals surface area contributed by atoms with Gasteiger partial charge in [0.25, 0.3) is 0 Å². The molecule has 0 aromatic carbocycles. The van der Waals surface area contributed by atoms with Crippen molar-refractivity contribution >= 4 is 0 Å². The van der Waals surface area contributed by atoms with Crippen molar-refractivity contribution in [3.63, 3.8) is 0 Å². The Labute approximate surface area is 107 Å². The van der Waals surface area contributed by atoms with Gasteiger partial charge in [-0.1, -0.05) is 20.3 Å². The molecule has 2 rings (SSSR count). The lowest BCUT2D eigenvalue weighted by Crippen LogP contribution is -2.57. The molecule has 3 heteroatoms. The zero-order valence-corrected chi connectivity index (χ0v) is 11.6. The summed E-state index contributed by atoms with van der Waals surface area (Å²) >= 11 is 0. The van der Waals surface area contributed by atoms with E-state index in [4.69, 9.17) is 0 Å². The molecule has 0 radical (unpaired) electrons. The number of hydrogen-bond donors (Lipinski definition) is 1. The maximum Gasteiger partial charge on any atom is 0.0224 e. The van der Waals surface area contributed by atoms with Gasteiger partial charge in [-0.05, 0) is 32.4 Å². The second kappa shape index (κ2) is 6.72. The second-order valence-corrected chi connectivity index (χ2v) is 5.62. The average molecular weight is 239 g/mol. The van der Waals surface area contributed by atoms with Crippen LogP contribution in [0.3, 0.4) is 0 Å². The van der Waals surface area contributed by atoms with Crippen molar-refractivity contribution in [1.29, 1.82) is 0 Å². The maximum absolute atomic E-state index is 3.66. The van der Waals surface area contributed by atoms with E-state index in [0.29, 0.717) is 0 Å². The first kappa shape index (κ1) is 13.3. The SMILES string of the molecule is CCCC1CN(C2CCCN(CC)C2)CCN1. The predicted molar refractivity (Wildman–Crippen MR) is 73.4 cm³/mol. The Morgan fingerprint density at radius 1 is 1.18 bits per heavy atom. The molecule has 0 aliphatic carbocycles. The van der Waals surface area contributed by atoms with E-state index in [1.807, 2.05) is 0 Å². The molecule has 2 fully saturated rings. The normalized spacial score (nSPS) is 32.8. The number of rotatable bonds is 4. The summed E-state index contributed by atoms with van der Waals surface area (Å²) in [7, 11) is 0. The van der Waals surface area contributed by atoms with Gasteiger partial charge in [0.05, 0.1) is 0 Å². The van der Waals surface area contributed by atoms with Crippen LogP contribution in [0, 0.1) is 0 Å². The van der Waals surface area contributed by atoms with E-state index in [-0.39, 0.29) is 0 Å². The quantitative estimate of drug-likeness (QED) is 0.803. The van der Waals surface area contributed by atoms with Gasteiger partial charge in [0.15, 0.2) is 0 Å². The van der Waals surface area contributed by atoms with Gasteiger partial charge in [-0.2, -0.15) is 0 Å². The van der Waals surface area contributed by atoms with Gasteiger partial charge in [0.2, 0.25) is 0 Å². The molecule has 2 unspecified atom stereocenters. The molecule has 3 nitrogen and oxygen atoms in total. The molecule has 100 valence electrons. The minimum Gasteiger partial charge on any atom is -0.311 e. The van der Waals surface area contributed by atoms with Gasteiger partial charge in [0, 0.05) is 38.3 Å². The average Bonchev–Trinajstić information content (AvgIpc) is 2.40. The number of piperazine rings is 1. The summed E-state index contributed by atoms with van der Waals surface area (Å²) in [4.78, 5) is 5.36. The van der Waals surface area contributed by atoms with E-state index in [9.17, 15) is 0 Å². The molecule has 0 aromatic heterocycles. The number of likely N-dealkylation sites (N-methyl/N-ethyl adjacent to an activating group) is 1. The first-order chi connectivity index (χ1) is 8.33. The van der Waals surface area contributed by atoms with Crippen LogP contribution >= 0.6 is 0 Å². The summed E-state index contributed by atoms with van der Waals surface area (Å²) < 4.78 is 0. The molecular weight excluding hydrogens is 210 g/mol. The Hall–Kier alpha value is -0.120. The fraction of sp³-hybridized carbons (Fsp3) is 1.00. The summed E-state index contributed by atoms with van der Waals surface area (Å²) in [5.41, 5.74) is 0. The Bertz CT molecular complexity index is 218. The van der Waals surface area contributed by atoms with Crippen molar-refractivity contribution in [2.75, 3.05) is 39.3 Å². The third kappa shape index (κ3) is 3.67. The minimum absolute atomic E-state index is 0.741. The molecule has 0 amide bonds. The smallest absolute Gasteiger partial charge is 0.0224 e. The van der Waals surface area contributed by atoms with Crippen LogP contribution in [0.5, 0.6) is 0 Å². The fourth-order valence-electron chi connectivity index (χ4n) is 3.34. The van der Waals surface area contributed by atoms with E-state index >= 15 is 0 Å². The second-order valence-electron chi connectivity index (χ2n) is 5.62. The summed E-state index contributed by atoms with van der Waals surface area (Å²) in [5.74, 6) is 0. The Balaban J connectivity index is 1.83. The molecule has 2 aliphatic rings. The predicted octanol–water partition coefficient (Wildman–Crippen LogP) is 1.54. The number of likely N-dealkylation sites (tertiary alicyclic amines) is 1. The molecule has 17 heavy (non-hydrogen) atoms. The third-order valence-corrected chi connectivity index (χ3v) is 4.37. The molecule has 2 heterocycles. The molecule has 0 aromatic rings. The van der Waals surface area contributed by atoms with Crippen LogP contribution < -0.4 is 5.32 Å². The number of piperidine rings is 1. The lowest BCUT2D eigenvalue weighted by atomic mass is 10.0. The topological polar surface area (TPSA) is 18.5 Å². The van der Waals surface area contributed by atoms with Crippen LogP contribution in [-0.4, -0.2) is 61.2 Å². The summed E-state index contributed by atoms with van der Waals surface area (Å²) in [5, 5.41) is 3.66. The fourth-order valence-corrected chi connectivity index (χ4v) is 3.34. The van der Waals surface area contributed by atoms with E-state index < -0.39 is 0 Å². The van der Waals surface area contributed by atoms with Crippen LogP contribution in [-0.2, 0) is 0 Å². The summed E-state index contributed by atoms with van der Waals surface area (Å²) in [6.07, 6.45) is 5.44. The monoisotopic (exact) mass is 239 g/mol. The summed E-state index contributed by atoms with van der Waals surface area (Å²) in [6.45, 7) is 12.1. The Morgan fingerprint density at radius 2 is 2.06 bits per heavy atom. The van der Waals surface area contributed by atoms with Crippen molar-refractivity contribution in [1.82, 2.24) is 15.1 Å². The minimum atomic E-state index is 0.741. The van der Waals surface area contributed by atoms with E-state index in [2.05, 4.69) is 29.0 Å². The van der Waals surface area contributed by atoms with E-state index in [1.165, 1.54) is 65.0 Å². The van der Waals surface area contributed by atoms with E-state index in [0.717, 1.165) is 12.1 Å². The van der Waals surface area contributed by atoms with Gasteiger partial charge < -0.3 is 10.2 Å². The molecule has 0 spiro atoms. The number of hydrogen-bond acceptors (Lipinski definition) is 3. The molecule has 0 saturated carbocycles. The lowest BCUT2D eigenvalue weighted by molar-refractivity contribution is 0.0750. The number of nitrogens with one attached hydrogen (secondary N) is 1. The first-order valence-electron chi connectivity index (χ1n) is 7.53. The highest BCUT2D eigenvalue weighted by molar-refractivity contribution is 4.86. The van der Waals surface area contributed by atoms with Gasteiger partial charge in [-0.25, -0.2) is 0 Å². The van der Waals surface area contributed by atoms with Crippen molar-refractivity contribution in [3.05, 3.63) is 0 Å². The zero-order valence-electron chi connectivity index (χ0n) is 11.6. The zero-order chi connectivity index (χ0) is 12.1. The van der Waals surface area contributed by atoms with Gasteiger partial charge in [-0.15, -0.1) is 0 Å². The molecule has 2 saturated heterocycles. The van der Waals surface area contributed by atoms with Crippen LogP contribution in [0.15, 0.2) is 0 Å². The van der Waals surface area contributed by atoms with Crippen LogP contribution in [0.2, 0.25) is 0 Å². The first-order valence-corrected chi connectivity index (χ1v) is 7.53. The van der Waals surface area contributed by atoms with Crippen LogP contribution in [0.4, 0.5) is 0 Å². The van der Waals surface area contributed by atoms with Gasteiger partial charge in [-0.3, -0.25) is 4.90 Å². The largest absolute Gasteiger partial charge is 0.311 e. The van der Waals surface area contributed by atoms with Crippen LogP contribution in [0.25, 0.3) is 0 Å². The molecule has 0 bridgehead atoms. The highest BCUT2D eigenvalue weighted by Crippen LogP contribution is 2.18. The van der Waals surface area contributed by atoms with E-state index in [1.54, 1.807) is 0 Å². The Kier molecular flexibility index (Phi) is 5.26. The molecule has 2 atom stereocenters. The third-order valence-electron chi connectivity index (χ3n) is 4.37. The van der Waals surface area contributed by atoms with Gasteiger partial charge >= 0.3 is 0 Å². The molecular formula is C14H29N3. The maximum atomic E-state index is 3.66. The van der Waals surface area contributed by atoms with Gasteiger partial charge in [0.1, 0.15) is 0 Å². The lowest BCUT2D eigenvalue weighted by Gasteiger charge is -2.43. The van der Waals surface area contributed by atoms with Crippen molar-refractivity contribution in [2.24, 2.45) is 0 Å². The summed E-state index contributed by atoms with van der Waals surface area (Å²) in [6, 6.07) is 1.57. The van der Waals surface area contributed by atoms with Crippen LogP contribution in [0.1, 0.15) is 39.5 Å². The van der Waals surface area contributed by atoms with Crippen molar-refractivity contribution < 1.29 is 0 Å².